The summed E-state index contributed by atoms with van der Waals surface area (Å²) in [7, 11) is 3.72. The highest BCUT2D eigenvalue weighted by Crippen LogP contribution is 2.33. The van der Waals surface area contributed by atoms with Gasteiger partial charge in [-0.15, -0.1) is 0 Å². The van der Waals surface area contributed by atoms with Crippen LogP contribution in [0.5, 0.6) is 0 Å². The summed E-state index contributed by atoms with van der Waals surface area (Å²) in [5, 5.41) is 9.82. The molecular formula is C29H30F2N4O. The number of rotatable bonds is 8. The van der Waals surface area contributed by atoms with Crippen molar-refractivity contribution in [2.24, 2.45) is 5.10 Å². The van der Waals surface area contributed by atoms with E-state index in [2.05, 4.69) is 41.0 Å². The van der Waals surface area contributed by atoms with Crippen molar-refractivity contribution in [3.05, 3.63) is 106 Å². The number of aromatic nitrogens is 1. The van der Waals surface area contributed by atoms with Gasteiger partial charge in [0.2, 0.25) is 0 Å². The molecular weight excluding hydrogens is 458 g/mol. The molecule has 0 bridgehead atoms. The lowest BCUT2D eigenvalue weighted by Crippen LogP contribution is -2.24. The van der Waals surface area contributed by atoms with Gasteiger partial charge >= 0.3 is 0 Å². The second-order valence-corrected chi connectivity index (χ2v) is 9.29. The summed E-state index contributed by atoms with van der Waals surface area (Å²) in [6.45, 7) is 4.83. The van der Waals surface area contributed by atoms with Crippen LogP contribution in [0.4, 0.5) is 8.78 Å². The molecule has 36 heavy (non-hydrogen) atoms. The molecule has 0 atom stereocenters. The van der Waals surface area contributed by atoms with E-state index in [0.29, 0.717) is 17.7 Å². The molecule has 4 aromatic rings. The summed E-state index contributed by atoms with van der Waals surface area (Å²) < 4.78 is 29.2. The van der Waals surface area contributed by atoms with Crippen molar-refractivity contribution in [3.8, 4) is 0 Å². The Labute approximate surface area is 210 Å². The van der Waals surface area contributed by atoms with Crippen molar-refractivity contribution in [2.75, 3.05) is 14.1 Å². The highest BCUT2D eigenvalue weighted by molar-refractivity contribution is 6.09. The van der Waals surface area contributed by atoms with Gasteiger partial charge in [-0.05, 0) is 40.8 Å². The first-order chi connectivity index (χ1) is 17.2. The Morgan fingerprint density at radius 3 is 2.42 bits per heavy atom. The predicted octanol–water partition coefficient (Wildman–Crippen LogP) is 5.92. The molecule has 0 saturated carbocycles. The molecule has 1 amide bonds. The summed E-state index contributed by atoms with van der Waals surface area (Å²) in [5.74, 6) is -2.04. The third-order valence-electron chi connectivity index (χ3n) is 5.96. The number of hydrazone groups is 1. The molecule has 0 radical (unpaired) electrons. The minimum absolute atomic E-state index is 0.0593. The monoisotopic (exact) mass is 488 g/mol. The van der Waals surface area contributed by atoms with Gasteiger partial charge in [-0.2, -0.15) is 5.10 Å². The fourth-order valence-electron chi connectivity index (χ4n) is 4.34. The molecule has 1 N–H and O–H groups in total. The molecule has 0 aliphatic carbocycles. The van der Waals surface area contributed by atoms with Gasteiger partial charge < -0.3 is 14.9 Å². The molecule has 4 rings (SSSR count). The van der Waals surface area contributed by atoms with E-state index in [4.69, 9.17) is 0 Å². The fourth-order valence-corrected chi connectivity index (χ4v) is 4.34. The zero-order valence-electron chi connectivity index (χ0n) is 20.9. The Kier molecular flexibility index (Phi) is 7.48. The molecule has 0 spiro atoms. The van der Waals surface area contributed by atoms with Crippen LogP contribution in [-0.4, -0.2) is 35.8 Å². The normalized spacial score (nSPS) is 11.5. The van der Waals surface area contributed by atoms with E-state index in [-0.39, 0.29) is 18.4 Å². The van der Waals surface area contributed by atoms with Gasteiger partial charge in [-0.25, -0.2) is 8.78 Å². The third kappa shape index (κ3) is 5.46. The van der Waals surface area contributed by atoms with Crippen LogP contribution in [0.3, 0.4) is 0 Å². The SMILES string of the molecule is CC(C)c1c(C(=O)NCc2ccc(F)c(F)c2)c2ccc(C=NN(C)C)cc2n1Cc1ccccc1. The summed E-state index contributed by atoms with van der Waals surface area (Å²) in [6, 6.07) is 19.7. The van der Waals surface area contributed by atoms with Crippen molar-refractivity contribution >= 4 is 23.0 Å². The van der Waals surface area contributed by atoms with E-state index >= 15 is 0 Å². The maximum absolute atomic E-state index is 13.7. The molecule has 3 aromatic carbocycles. The number of halogens is 2. The van der Waals surface area contributed by atoms with Gasteiger partial charge in [-0.3, -0.25) is 4.79 Å². The minimum Gasteiger partial charge on any atom is -0.348 e. The van der Waals surface area contributed by atoms with E-state index in [1.807, 2.05) is 50.5 Å². The number of fused-ring (bicyclic) bond motifs is 1. The maximum Gasteiger partial charge on any atom is 0.254 e. The topological polar surface area (TPSA) is 49.6 Å². The first kappa shape index (κ1) is 25.1. The fraction of sp³-hybridized carbons (Fsp3) is 0.241. The van der Waals surface area contributed by atoms with E-state index in [1.165, 1.54) is 6.07 Å². The third-order valence-corrected chi connectivity index (χ3v) is 5.96. The predicted molar refractivity (Wildman–Crippen MR) is 140 cm³/mol. The second kappa shape index (κ2) is 10.7. The van der Waals surface area contributed by atoms with Crippen LogP contribution in [0.2, 0.25) is 0 Å². The van der Waals surface area contributed by atoms with Crippen molar-refractivity contribution in [3.63, 3.8) is 0 Å². The van der Waals surface area contributed by atoms with Crippen LogP contribution in [0, 0.1) is 11.6 Å². The molecule has 0 unspecified atom stereocenters. The molecule has 0 fully saturated rings. The van der Waals surface area contributed by atoms with Crippen LogP contribution in [0.25, 0.3) is 10.9 Å². The number of carbonyl (C=O) groups is 1. The first-order valence-corrected chi connectivity index (χ1v) is 11.9. The summed E-state index contributed by atoms with van der Waals surface area (Å²) in [4.78, 5) is 13.5. The summed E-state index contributed by atoms with van der Waals surface area (Å²) >= 11 is 0. The highest BCUT2D eigenvalue weighted by atomic mass is 19.2. The van der Waals surface area contributed by atoms with Crippen LogP contribution in [-0.2, 0) is 13.1 Å². The van der Waals surface area contributed by atoms with Gasteiger partial charge in [0, 0.05) is 38.3 Å². The average molecular weight is 489 g/mol. The number of hydrogen-bond donors (Lipinski definition) is 1. The van der Waals surface area contributed by atoms with Gasteiger partial charge in [-0.1, -0.05) is 62.4 Å². The first-order valence-electron chi connectivity index (χ1n) is 11.9. The number of carbonyl (C=O) groups excluding carboxylic acids is 1. The molecule has 0 aliphatic heterocycles. The summed E-state index contributed by atoms with van der Waals surface area (Å²) in [5.41, 5.74) is 4.98. The quantitative estimate of drug-likeness (QED) is 0.247. The maximum atomic E-state index is 13.7. The Bertz CT molecular complexity index is 1410. The van der Waals surface area contributed by atoms with E-state index in [9.17, 15) is 13.6 Å². The van der Waals surface area contributed by atoms with E-state index in [1.54, 1.807) is 11.2 Å². The van der Waals surface area contributed by atoms with Crippen molar-refractivity contribution < 1.29 is 13.6 Å². The lowest BCUT2D eigenvalue weighted by molar-refractivity contribution is 0.0951. The second-order valence-electron chi connectivity index (χ2n) is 9.29. The largest absolute Gasteiger partial charge is 0.348 e. The molecule has 0 saturated heterocycles. The molecule has 1 heterocycles. The van der Waals surface area contributed by atoms with Crippen LogP contribution < -0.4 is 5.32 Å². The standard InChI is InChI=1S/C29H30F2N4O/c1-19(2)28-27(29(36)32-16-21-11-13-24(30)25(31)14-21)23-12-10-22(17-33-34(3)4)15-26(23)35(28)18-20-8-6-5-7-9-20/h5-15,17,19H,16,18H2,1-4H3,(H,32,36). The molecule has 7 heteroatoms. The van der Waals surface area contributed by atoms with Crippen LogP contribution in [0.1, 0.15) is 52.5 Å². The number of nitrogens with one attached hydrogen (secondary N) is 1. The Morgan fingerprint density at radius 2 is 1.75 bits per heavy atom. The lowest BCUT2D eigenvalue weighted by atomic mass is 10.0. The van der Waals surface area contributed by atoms with Gasteiger partial charge in [0.1, 0.15) is 0 Å². The van der Waals surface area contributed by atoms with Crippen molar-refractivity contribution in [2.45, 2.75) is 32.9 Å². The number of hydrogen-bond acceptors (Lipinski definition) is 3. The Balaban J connectivity index is 1.80. The molecule has 0 aliphatic rings. The number of amides is 1. The minimum atomic E-state index is -0.934. The average Bonchev–Trinajstić information content (AvgIpc) is 3.17. The van der Waals surface area contributed by atoms with E-state index in [0.717, 1.165) is 39.9 Å². The summed E-state index contributed by atoms with van der Waals surface area (Å²) in [6.07, 6.45) is 1.79. The van der Waals surface area contributed by atoms with Gasteiger partial charge in [0.15, 0.2) is 11.6 Å². The Morgan fingerprint density at radius 1 is 1.00 bits per heavy atom. The lowest BCUT2D eigenvalue weighted by Gasteiger charge is -2.16. The number of benzene rings is 3. The van der Waals surface area contributed by atoms with Crippen molar-refractivity contribution in [1.29, 1.82) is 0 Å². The van der Waals surface area contributed by atoms with Crippen molar-refractivity contribution in [1.82, 2.24) is 14.9 Å². The highest BCUT2D eigenvalue weighted by Gasteiger charge is 2.25. The van der Waals surface area contributed by atoms with Gasteiger partial charge in [0.25, 0.3) is 5.91 Å². The molecule has 1 aromatic heterocycles. The smallest absolute Gasteiger partial charge is 0.254 e. The van der Waals surface area contributed by atoms with Crippen LogP contribution in [0.15, 0.2) is 71.8 Å². The zero-order valence-corrected chi connectivity index (χ0v) is 20.9. The molecule has 5 nitrogen and oxygen atoms in total. The van der Waals surface area contributed by atoms with E-state index < -0.39 is 11.6 Å². The van der Waals surface area contributed by atoms with Crippen LogP contribution >= 0.6 is 0 Å². The van der Waals surface area contributed by atoms with Gasteiger partial charge in [0.05, 0.1) is 17.3 Å². The Hall–Kier alpha value is -4.00. The molecule has 186 valence electrons. The number of nitrogens with zero attached hydrogens (tertiary/aromatic N) is 3. The zero-order chi connectivity index (χ0) is 25.8.